The number of methoxy groups -OCH3 is 1. The smallest absolute Gasteiger partial charge is 0.418 e. The first-order valence-corrected chi connectivity index (χ1v) is 8.96. The summed E-state index contributed by atoms with van der Waals surface area (Å²) < 4.78 is 44.5. The average molecular weight is 393 g/mol. The summed E-state index contributed by atoms with van der Waals surface area (Å²) in [5.74, 6) is 0.546. The number of ether oxygens (including phenoxy) is 1. The summed E-state index contributed by atoms with van der Waals surface area (Å²) in [6, 6.07) is 12.8. The number of benzene rings is 2. The van der Waals surface area contributed by atoms with E-state index in [2.05, 4.69) is 10.2 Å². The molecule has 1 N–H and O–H groups in total. The SMILES string of the molecule is COc1ccccc1N1CCN(C(=O)CNc2ccccc2C(F)(F)F)CC1. The van der Waals surface area contributed by atoms with Gasteiger partial charge in [-0.25, -0.2) is 0 Å². The van der Waals surface area contributed by atoms with Crippen molar-refractivity contribution in [2.24, 2.45) is 0 Å². The number of rotatable bonds is 5. The molecule has 0 unspecified atom stereocenters. The number of hydrogen-bond acceptors (Lipinski definition) is 4. The van der Waals surface area contributed by atoms with E-state index in [1.165, 1.54) is 18.2 Å². The van der Waals surface area contributed by atoms with Crippen molar-refractivity contribution in [2.75, 3.05) is 50.1 Å². The predicted molar refractivity (Wildman–Crippen MR) is 102 cm³/mol. The maximum atomic E-state index is 13.0. The van der Waals surface area contributed by atoms with Gasteiger partial charge in [-0.05, 0) is 24.3 Å². The number of nitrogens with zero attached hydrogens (tertiary/aromatic N) is 2. The van der Waals surface area contributed by atoms with E-state index < -0.39 is 11.7 Å². The first kappa shape index (κ1) is 19.9. The van der Waals surface area contributed by atoms with Crippen molar-refractivity contribution in [1.29, 1.82) is 0 Å². The minimum absolute atomic E-state index is 0.0870. The summed E-state index contributed by atoms with van der Waals surface area (Å²) in [6.07, 6.45) is -4.47. The summed E-state index contributed by atoms with van der Waals surface area (Å²) >= 11 is 0. The van der Waals surface area contributed by atoms with Gasteiger partial charge in [-0.1, -0.05) is 24.3 Å². The Kier molecular flexibility index (Phi) is 5.96. The average Bonchev–Trinajstić information content (AvgIpc) is 2.71. The largest absolute Gasteiger partial charge is 0.495 e. The predicted octanol–water partition coefficient (Wildman–Crippen LogP) is 3.47. The third-order valence-corrected chi connectivity index (χ3v) is 4.72. The van der Waals surface area contributed by atoms with Gasteiger partial charge in [0.15, 0.2) is 0 Å². The van der Waals surface area contributed by atoms with Gasteiger partial charge in [-0.3, -0.25) is 4.79 Å². The molecule has 0 aromatic heterocycles. The van der Waals surface area contributed by atoms with Gasteiger partial charge >= 0.3 is 6.18 Å². The van der Waals surface area contributed by atoms with E-state index in [1.807, 2.05) is 24.3 Å². The van der Waals surface area contributed by atoms with Crippen LogP contribution >= 0.6 is 0 Å². The molecule has 1 fully saturated rings. The fourth-order valence-electron chi connectivity index (χ4n) is 3.25. The van der Waals surface area contributed by atoms with Crippen molar-refractivity contribution >= 4 is 17.3 Å². The Morgan fingerprint density at radius 1 is 1.04 bits per heavy atom. The number of para-hydroxylation sites is 3. The second-order valence-electron chi connectivity index (χ2n) is 6.44. The standard InChI is InChI=1S/C20H22F3N3O2/c1-28-18-9-5-4-8-17(18)25-10-12-26(13-11-25)19(27)14-24-16-7-3-2-6-15(16)20(21,22)23/h2-9,24H,10-14H2,1H3. The van der Waals surface area contributed by atoms with Gasteiger partial charge < -0.3 is 19.9 Å². The zero-order chi connectivity index (χ0) is 20.1. The van der Waals surface area contributed by atoms with Gasteiger partial charge in [-0.15, -0.1) is 0 Å². The van der Waals surface area contributed by atoms with Crippen LogP contribution in [0.2, 0.25) is 0 Å². The van der Waals surface area contributed by atoms with Crippen molar-refractivity contribution < 1.29 is 22.7 Å². The van der Waals surface area contributed by atoms with E-state index in [0.717, 1.165) is 17.5 Å². The van der Waals surface area contributed by atoms with E-state index in [0.29, 0.717) is 26.2 Å². The first-order valence-electron chi connectivity index (χ1n) is 8.96. The van der Waals surface area contributed by atoms with Crippen LogP contribution in [-0.2, 0) is 11.0 Å². The molecule has 1 aliphatic rings. The van der Waals surface area contributed by atoms with E-state index in [-0.39, 0.29) is 18.1 Å². The monoisotopic (exact) mass is 393 g/mol. The minimum Gasteiger partial charge on any atom is -0.495 e. The third-order valence-electron chi connectivity index (χ3n) is 4.72. The van der Waals surface area contributed by atoms with Crippen LogP contribution in [0.15, 0.2) is 48.5 Å². The van der Waals surface area contributed by atoms with Crippen LogP contribution in [0.1, 0.15) is 5.56 Å². The lowest BCUT2D eigenvalue weighted by molar-refractivity contribution is -0.137. The quantitative estimate of drug-likeness (QED) is 0.845. The Bertz CT molecular complexity index is 818. The number of amides is 1. The number of alkyl halides is 3. The Hall–Kier alpha value is -2.90. The molecular formula is C20H22F3N3O2. The zero-order valence-corrected chi connectivity index (χ0v) is 15.5. The molecular weight excluding hydrogens is 371 g/mol. The molecule has 0 radical (unpaired) electrons. The van der Waals surface area contributed by atoms with Crippen molar-refractivity contribution in [1.82, 2.24) is 4.90 Å². The highest BCUT2D eigenvalue weighted by atomic mass is 19.4. The van der Waals surface area contributed by atoms with E-state index in [4.69, 9.17) is 4.74 Å². The Balaban J connectivity index is 1.57. The second kappa shape index (κ2) is 8.41. The van der Waals surface area contributed by atoms with Crippen LogP contribution in [0, 0.1) is 0 Å². The zero-order valence-electron chi connectivity index (χ0n) is 15.5. The van der Waals surface area contributed by atoms with E-state index in [9.17, 15) is 18.0 Å². The van der Waals surface area contributed by atoms with Gasteiger partial charge in [0.05, 0.1) is 24.9 Å². The van der Waals surface area contributed by atoms with Crippen molar-refractivity contribution in [3.63, 3.8) is 0 Å². The topological polar surface area (TPSA) is 44.8 Å². The molecule has 28 heavy (non-hydrogen) atoms. The van der Waals surface area contributed by atoms with Crippen molar-refractivity contribution in [2.45, 2.75) is 6.18 Å². The highest BCUT2D eigenvalue weighted by molar-refractivity contribution is 5.81. The third kappa shape index (κ3) is 4.49. The fourth-order valence-corrected chi connectivity index (χ4v) is 3.25. The molecule has 8 heteroatoms. The number of halogens is 3. The minimum atomic E-state index is -4.47. The fraction of sp³-hybridized carbons (Fsp3) is 0.350. The summed E-state index contributed by atoms with van der Waals surface area (Å²) in [4.78, 5) is 16.2. The molecule has 5 nitrogen and oxygen atoms in total. The van der Waals surface area contributed by atoms with Crippen LogP contribution in [0.5, 0.6) is 5.75 Å². The number of carbonyl (C=O) groups is 1. The molecule has 1 heterocycles. The molecule has 0 aliphatic carbocycles. The summed E-state index contributed by atoms with van der Waals surface area (Å²) in [7, 11) is 1.61. The normalized spacial score (nSPS) is 14.7. The Morgan fingerprint density at radius 2 is 1.68 bits per heavy atom. The van der Waals surface area contributed by atoms with Gasteiger partial charge in [0.1, 0.15) is 5.75 Å². The summed E-state index contributed by atoms with van der Waals surface area (Å²) in [6.45, 7) is 2.08. The van der Waals surface area contributed by atoms with Crippen LogP contribution in [0.4, 0.5) is 24.5 Å². The summed E-state index contributed by atoms with van der Waals surface area (Å²) in [5, 5.41) is 2.63. The highest BCUT2D eigenvalue weighted by Gasteiger charge is 2.33. The number of anilines is 2. The van der Waals surface area contributed by atoms with Crippen LogP contribution < -0.4 is 15.0 Å². The molecule has 1 saturated heterocycles. The van der Waals surface area contributed by atoms with E-state index in [1.54, 1.807) is 12.0 Å². The molecule has 0 spiro atoms. The van der Waals surface area contributed by atoms with Crippen LogP contribution in [0.3, 0.4) is 0 Å². The van der Waals surface area contributed by atoms with Crippen molar-refractivity contribution in [3.8, 4) is 5.75 Å². The number of piperazine rings is 1. The molecule has 1 aliphatic heterocycles. The Labute approximate surface area is 161 Å². The highest BCUT2D eigenvalue weighted by Crippen LogP contribution is 2.34. The molecule has 150 valence electrons. The Morgan fingerprint density at radius 3 is 2.36 bits per heavy atom. The van der Waals surface area contributed by atoms with Crippen LogP contribution in [-0.4, -0.2) is 50.6 Å². The molecule has 2 aromatic carbocycles. The lowest BCUT2D eigenvalue weighted by Crippen LogP contribution is -2.50. The lowest BCUT2D eigenvalue weighted by atomic mass is 10.1. The molecule has 1 amide bonds. The van der Waals surface area contributed by atoms with Gasteiger partial charge in [0.25, 0.3) is 0 Å². The number of carbonyl (C=O) groups excluding carboxylic acids is 1. The number of hydrogen-bond donors (Lipinski definition) is 1. The van der Waals surface area contributed by atoms with Gasteiger partial charge in [-0.2, -0.15) is 13.2 Å². The molecule has 3 rings (SSSR count). The second-order valence-corrected chi connectivity index (χ2v) is 6.44. The van der Waals surface area contributed by atoms with Gasteiger partial charge in [0.2, 0.25) is 5.91 Å². The molecule has 2 aromatic rings. The molecule has 0 atom stereocenters. The van der Waals surface area contributed by atoms with Gasteiger partial charge in [0, 0.05) is 31.9 Å². The maximum absolute atomic E-state index is 13.0. The summed E-state index contributed by atoms with van der Waals surface area (Å²) in [5.41, 5.74) is 0.106. The molecule has 0 bridgehead atoms. The number of nitrogens with one attached hydrogen (secondary N) is 1. The lowest BCUT2D eigenvalue weighted by Gasteiger charge is -2.36. The van der Waals surface area contributed by atoms with Crippen molar-refractivity contribution in [3.05, 3.63) is 54.1 Å². The first-order chi connectivity index (χ1) is 13.4. The van der Waals surface area contributed by atoms with Crippen LogP contribution in [0.25, 0.3) is 0 Å². The maximum Gasteiger partial charge on any atom is 0.418 e. The van der Waals surface area contributed by atoms with E-state index >= 15 is 0 Å². The molecule has 0 saturated carbocycles.